The molecule has 9 nitrogen and oxygen atoms in total. The molecule has 41 heavy (non-hydrogen) atoms. The molecule has 3 aromatic heterocycles. The Kier molecular flexibility index (Phi) is 7.02. The van der Waals surface area contributed by atoms with Crippen molar-refractivity contribution >= 4 is 5.91 Å². The lowest BCUT2D eigenvalue weighted by Crippen LogP contribution is -2.22. The van der Waals surface area contributed by atoms with Gasteiger partial charge in [-0.15, -0.1) is 10.2 Å². The van der Waals surface area contributed by atoms with Crippen LogP contribution in [0, 0.1) is 0 Å². The summed E-state index contributed by atoms with van der Waals surface area (Å²) in [5.41, 5.74) is -0.796. The van der Waals surface area contributed by atoms with Crippen LogP contribution in [0.1, 0.15) is 28.4 Å². The molecule has 5 aromatic rings. The summed E-state index contributed by atoms with van der Waals surface area (Å²) in [6.45, 7) is 2.05. The molecule has 0 aliphatic rings. The number of pyridine rings is 1. The van der Waals surface area contributed by atoms with Gasteiger partial charge in [0.15, 0.2) is 0 Å². The Labute approximate surface area is 227 Å². The van der Waals surface area contributed by atoms with Crippen LogP contribution in [-0.4, -0.2) is 47.4 Å². The normalized spacial score (nSPS) is 12.0. The predicted molar refractivity (Wildman–Crippen MR) is 133 cm³/mol. The zero-order chi connectivity index (χ0) is 29.4. The monoisotopic (exact) mass is 572 g/mol. The number of carbonyl (C=O) groups excluding carboxylic acids is 1. The molecule has 0 spiro atoms. The summed E-state index contributed by atoms with van der Waals surface area (Å²) < 4.78 is 81.3. The van der Waals surface area contributed by atoms with E-state index in [-0.39, 0.29) is 39.7 Å². The van der Waals surface area contributed by atoms with E-state index in [4.69, 9.17) is 0 Å². The van der Waals surface area contributed by atoms with Gasteiger partial charge in [0.2, 0.25) is 0 Å². The second-order valence-electron chi connectivity index (χ2n) is 8.68. The third-order valence-corrected chi connectivity index (χ3v) is 5.81. The number of halogens is 6. The molecule has 210 valence electrons. The van der Waals surface area contributed by atoms with Crippen LogP contribution in [0.5, 0.6) is 0 Å². The van der Waals surface area contributed by atoms with Gasteiger partial charge >= 0.3 is 12.4 Å². The lowest BCUT2D eigenvalue weighted by Gasteiger charge is -2.08. The van der Waals surface area contributed by atoms with Gasteiger partial charge in [0.25, 0.3) is 5.91 Å². The first-order valence-corrected chi connectivity index (χ1v) is 11.9. The average molecular weight is 572 g/mol. The maximum absolute atomic E-state index is 13.2. The summed E-state index contributed by atoms with van der Waals surface area (Å²) in [5, 5.41) is 18.5. The average Bonchev–Trinajstić information content (AvgIpc) is 3.63. The van der Waals surface area contributed by atoms with E-state index in [2.05, 4.69) is 30.9 Å². The number of benzene rings is 2. The largest absolute Gasteiger partial charge is 0.416 e. The lowest BCUT2D eigenvalue weighted by atomic mass is 10.1. The fraction of sp³-hybridized carbons (Fsp3) is 0.154. The minimum absolute atomic E-state index is 0.0997. The van der Waals surface area contributed by atoms with Gasteiger partial charge < -0.3 is 5.32 Å². The zero-order valence-corrected chi connectivity index (χ0v) is 20.9. The third kappa shape index (κ3) is 5.92. The summed E-state index contributed by atoms with van der Waals surface area (Å²) in [6, 6.07) is 11.8. The third-order valence-electron chi connectivity index (χ3n) is 5.81. The first-order valence-electron chi connectivity index (χ1n) is 11.9. The van der Waals surface area contributed by atoms with Crippen molar-refractivity contribution in [2.75, 3.05) is 6.54 Å². The van der Waals surface area contributed by atoms with E-state index < -0.39 is 29.4 Å². The van der Waals surface area contributed by atoms with Crippen molar-refractivity contribution in [1.29, 1.82) is 0 Å². The van der Waals surface area contributed by atoms with Gasteiger partial charge in [-0.2, -0.15) is 26.3 Å². The van der Waals surface area contributed by atoms with Crippen LogP contribution in [0.25, 0.3) is 34.2 Å². The van der Waals surface area contributed by atoms with Gasteiger partial charge in [0, 0.05) is 12.1 Å². The van der Waals surface area contributed by atoms with E-state index in [9.17, 15) is 31.1 Å². The van der Waals surface area contributed by atoms with Crippen LogP contribution >= 0.6 is 0 Å². The fourth-order valence-electron chi connectivity index (χ4n) is 3.85. The molecule has 0 saturated heterocycles. The molecule has 15 heteroatoms. The summed E-state index contributed by atoms with van der Waals surface area (Å²) >= 11 is 0. The summed E-state index contributed by atoms with van der Waals surface area (Å²) in [7, 11) is 0. The standard InChI is InChI=1S/C26H18F6N8O/c1-2-33-24(41)15-9-20(22-13-39(37-35-22)18-7-3-5-16(11-18)25(27,28)29)34-21(10-15)23-14-40(38-36-23)19-8-4-6-17(12-19)26(30,31)32/h3-14H,2H2,1H3,(H,33,41). The first-order chi connectivity index (χ1) is 19.4. The summed E-state index contributed by atoms with van der Waals surface area (Å²) in [6.07, 6.45) is -6.41. The highest BCUT2D eigenvalue weighted by Crippen LogP contribution is 2.32. The lowest BCUT2D eigenvalue weighted by molar-refractivity contribution is -0.138. The maximum Gasteiger partial charge on any atom is 0.416 e. The number of hydrogen-bond donors (Lipinski definition) is 1. The highest BCUT2D eigenvalue weighted by Gasteiger charge is 2.31. The number of aromatic nitrogens is 7. The molecule has 1 N–H and O–H groups in total. The number of nitrogens with one attached hydrogen (secondary N) is 1. The topological polar surface area (TPSA) is 103 Å². The summed E-state index contributed by atoms with van der Waals surface area (Å²) in [5.74, 6) is -0.451. The van der Waals surface area contributed by atoms with Gasteiger partial charge in [0.05, 0.1) is 46.3 Å². The number of carbonyl (C=O) groups is 1. The van der Waals surface area contributed by atoms with E-state index in [0.717, 1.165) is 33.6 Å². The second-order valence-corrected chi connectivity index (χ2v) is 8.68. The Morgan fingerprint density at radius 2 is 1.20 bits per heavy atom. The van der Waals surface area contributed by atoms with Crippen LogP contribution in [0.3, 0.4) is 0 Å². The van der Waals surface area contributed by atoms with Gasteiger partial charge in [-0.25, -0.2) is 14.3 Å². The van der Waals surface area contributed by atoms with E-state index in [1.807, 2.05) is 0 Å². The number of amides is 1. The van der Waals surface area contributed by atoms with Crippen LogP contribution in [-0.2, 0) is 12.4 Å². The molecule has 0 aliphatic heterocycles. The van der Waals surface area contributed by atoms with Crippen LogP contribution in [0.15, 0.2) is 73.1 Å². The number of alkyl halides is 6. The second kappa shape index (κ2) is 10.5. The van der Waals surface area contributed by atoms with Crippen molar-refractivity contribution in [3.8, 4) is 34.2 Å². The highest BCUT2D eigenvalue weighted by atomic mass is 19.4. The first kappa shape index (κ1) is 27.5. The van der Waals surface area contributed by atoms with Gasteiger partial charge in [-0.1, -0.05) is 22.6 Å². The smallest absolute Gasteiger partial charge is 0.352 e. The number of hydrogen-bond acceptors (Lipinski definition) is 6. The zero-order valence-electron chi connectivity index (χ0n) is 20.9. The molecule has 2 aromatic carbocycles. The predicted octanol–water partition coefficient (Wildman–Crippen LogP) is 5.36. The Bertz CT molecular complexity index is 1610. The van der Waals surface area contributed by atoms with Crippen molar-refractivity contribution in [3.63, 3.8) is 0 Å². The molecule has 0 bridgehead atoms. The Balaban J connectivity index is 1.54. The van der Waals surface area contributed by atoms with Crippen molar-refractivity contribution in [3.05, 3.63) is 89.7 Å². The highest BCUT2D eigenvalue weighted by molar-refractivity contribution is 5.96. The van der Waals surface area contributed by atoms with E-state index in [1.165, 1.54) is 48.8 Å². The van der Waals surface area contributed by atoms with Crippen molar-refractivity contribution in [1.82, 2.24) is 40.3 Å². The van der Waals surface area contributed by atoms with Crippen LogP contribution in [0.2, 0.25) is 0 Å². The minimum Gasteiger partial charge on any atom is -0.352 e. The Hall–Kier alpha value is -5.08. The Morgan fingerprint density at radius 3 is 1.61 bits per heavy atom. The number of rotatable bonds is 6. The quantitative estimate of drug-likeness (QED) is 0.275. The SMILES string of the molecule is CCNC(=O)c1cc(-c2cn(-c3cccc(C(F)(F)F)c3)nn2)nc(-c2cn(-c3cccc(C(F)(F)F)c3)nn2)c1. The molecule has 5 rings (SSSR count). The van der Waals surface area contributed by atoms with E-state index >= 15 is 0 Å². The summed E-state index contributed by atoms with van der Waals surface area (Å²) in [4.78, 5) is 17.2. The molecule has 3 heterocycles. The molecule has 1 amide bonds. The van der Waals surface area contributed by atoms with Gasteiger partial charge in [-0.3, -0.25) is 4.79 Å². The molecule has 0 fully saturated rings. The molecular formula is C26H18F6N8O. The van der Waals surface area contributed by atoms with Crippen molar-refractivity contribution in [2.45, 2.75) is 19.3 Å². The minimum atomic E-state index is -4.55. The molecular weight excluding hydrogens is 554 g/mol. The molecule has 0 saturated carbocycles. The molecule has 0 radical (unpaired) electrons. The van der Waals surface area contributed by atoms with Crippen LogP contribution in [0.4, 0.5) is 26.3 Å². The number of nitrogens with zero attached hydrogens (tertiary/aromatic N) is 7. The van der Waals surface area contributed by atoms with E-state index in [1.54, 1.807) is 6.92 Å². The Morgan fingerprint density at radius 1 is 0.732 bits per heavy atom. The van der Waals surface area contributed by atoms with Gasteiger partial charge in [0.1, 0.15) is 11.4 Å². The van der Waals surface area contributed by atoms with Crippen molar-refractivity contribution in [2.24, 2.45) is 0 Å². The van der Waals surface area contributed by atoms with Gasteiger partial charge in [-0.05, 0) is 55.5 Å². The fourth-order valence-corrected chi connectivity index (χ4v) is 3.85. The molecule has 0 unspecified atom stereocenters. The molecule has 0 atom stereocenters. The van der Waals surface area contributed by atoms with Crippen LogP contribution < -0.4 is 5.32 Å². The molecule has 0 aliphatic carbocycles. The maximum atomic E-state index is 13.2. The van der Waals surface area contributed by atoms with Crippen molar-refractivity contribution < 1.29 is 31.1 Å². The van der Waals surface area contributed by atoms with E-state index in [0.29, 0.717) is 6.54 Å².